The highest BCUT2D eigenvalue weighted by atomic mass is 15.0. The Morgan fingerprint density at radius 3 is 2.50 bits per heavy atom. The third kappa shape index (κ3) is 1.82. The van der Waals surface area contributed by atoms with Crippen molar-refractivity contribution in [1.29, 1.82) is 5.26 Å². The van der Waals surface area contributed by atoms with Gasteiger partial charge in [0.15, 0.2) is 0 Å². The van der Waals surface area contributed by atoms with Crippen LogP contribution >= 0.6 is 0 Å². The molecule has 0 bridgehead atoms. The monoisotopic (exact) mass is 190 g/mol. The van der Waals surface area contributed by atoms with Crippen molar-refractivity contribution in [2.24, 2.45) is 0 Å². The van der Waals surface area contributed by atoms with Crippen molar-refractivity contribution in [2.75, 3.05) is 5.73 Å². The summed E-state index contributed by atoms with van der Waals surface area (Å²) in [6, 6.07) is 2.05. The van der Waals surface area contributed by atoms with E-state index in [2.05, 4.69) is 9.97 Å². The smallest absolute Gasteiger partial charge is 0.145 e. The SMILES string of the molecule is CCc1nc(N)c(C#N)c(C(C)C)n1. The van der Waals surface area contributed by atoms with Gasteiger partial charge in [-0.25, -0.2) is 9.97 Å². The van der Waals surface area contributed by atoms with Gasteiger partial charge in [-0.2, -0.15) is 5.26 Å². The summed E-state index contributed by atoms with van der Waals surface area (Å²) in [7, 11) is 0. The zero-order valence-electron chi connectivity index (χ0n) is 8.70. The van der Waals surface area contributed by atoms with Crippen LogP contribution in [-0.2, 0) is 6.42 Å². The van der Waals surface area contributed by atoms with Gasteiger partial charge in [-0.05, 0) is 5.92 Å². The Hall–Kier alpha value is -1.63. The van der Waals surface area contributed by atoms with Gasteiger partial charge in [0.1, 0.15) is 23.3 Å². The molecule has 0 atom stereocenters. The molecule has 0 aliphatic heterocycles. The summed E-state index contributed by atoms with van der Waals surface area (Å²) in [6.07, 6.45) is 0.732. The average molecular weight is 190 g/mol. The van der Waals surface area contributed by atoms with E-state index < -0.39 is 0 Å². The van der Waals surface area contributed by atoms with Crippen LogP contribution in [0.3, 0.4) is 0 Å². The second kappa shape index (κ2) is 4.05. The van der Waals surface area contributed by atoms with E-state index in [9.17, 15) is 0 Å². The Kier molecular flexibility index (Phi) is 3.03. The molecule has 0 unspecified atom stereocenters. The summed E-state index contributed by atoms with van der Waals surface area (Å²) >= 11 is 0. The van der Waals surface area contributed by atoms with Gasteiger partial charge in [-0.15, -0.1) is 0 Å². The van der Waals surface area contributed by atoms with Crippen molar-refractivity contribution >= 4 is 5.82 Å². The molecule has 0 aromatic carbocycles. The van der Waals surface area contributed by atoms with Crippen molar-refractivity contribution in [3.63, 3.8) is 0 Å². The zero-order valence-corrected chi connectivity index (χ0v) is 8.70. The number of rotatable bonds is 2. The third-order valence-electron chi connectivity index (χ3n) is 1.99. The lowest BCUT2D eigenvalue weighted by Crippen LogP contribution is -2.08. The Morgan fingerprint density at radius 1 is 1.43 bits per heavy atom. The maximum atomic E-state index is 8.90. The van der Waals surface area contributed by atoms with Gasteiger partial charge in [0.05, 0.1) is 5.69 Å². The molecule has 0 spiro atoms. The minimum atomic E-state index is 0.195. The minimum Gasteiger partial charge on any atom is -0.382 e. The first-order chi connectivity index (χ1) is 6.60. The van der Waals surface area contributed by atoms with Crippen LogP contribution in [0.1, 0.15) is 43.8 Å². The molecule has 0 aliphatic rings. The van der Waals surface area contributed by atoms with Gasteiger partial charge in [-0.3, -0.25) is 0 Å². The lowest BCUT2D eigenvalue weighted by atomic mass is 10.1. The molecule has 4 nitrogen and oxygen atoms in total. The molecule has 0 aliphatic carbocycles. The highest BCUT2D eigenvalue weighted by Gasteiger charge is 2.13. The summed E-state index contributed by atoms with van der Waals surface area (Å²) in [5.74, 6) is 1.19. The topological polar surface area (TPSA) is 75.6 Å². The largest absolute Gasteiger partial charge is 0.382 e. The Labute approximate surface area is 83.8 Å². The molecule has 0 saturated heterocycles. The summed E-state index contributed by atoms with van der Waals surface area (Å²) in [6.45, 7) is 5.94. The molecule has 1 aromatic rings. The molecule has 1 heterocycles. The fraction of sp³-hybridized carbons (Fsp3) is 0.500. The molecular weight excluding hydrogens is 176 g/mol. The van der Waals surface area contributed by atoms with Crippen LogP contribution in [0.2, 0.25) is 0 Å². The molecule has 4 heteroatoms. The van der Waals surface area contributed by atoms with E-state index in [4.69, 9.17) is 11.0 Å². The molecule has 0 saturated carbocycles. The summed E-state index contributed by atoms with van der Waals surface area (Å²) < 4.78 is 0. The van der Waals surface area contributed by atoms with Gasteiger partial charge in [0.2, 0.25) is 0 Å². The lowest BCUT2D eigenvalue weighted by molar-refractivity contribution is 0.784. The fourth-order valence-corrected chi connectivity index (χ4v) is 1.24. The number of aromatic nitrogens is 2. The van der Waals surface area contributed by atoms with Crippen LogP contribution in [0.4, 0.5) is 5.82 Å². The molecule has 2 N–H and O–H groups in total. The van der Waals surface area contributed by atoms with Crippen molar-refractivity contribution in [1.82, 2.24) is 9.97 Å². The number of anilines is 1. The molecule has 0 fully saturated rings. The molecule has 0 radical (unpaired) electrons. The minimum absolute atomic E-state index is 0.195. The quantitative estimate of drug-likeness (QED) is 0.768. The second-order valence-electron chi connectivity index (χ2n) is 3.41. The first kappa shape index (κ1) is 10.5. The van der Waals surface area contributed by atoms with E-state index in [1.165, 1.54) is 0 Å². The maximum absolute atomic E-state index is 8.90. The molecule has 0 amide bonds. The average Bonchev–Trinajstić information content (AvgIpc) is 2.16. The van der Waals surface area contributed by atoms with E-state index in [0.717, 1.165) is 12.1 Å². The van der Waals surface area contributed by atoms with Crippen molar-refractivity contribution in [3.05, 3.63) is 17.1 Å². The highest BCUT2D eigenvalue weighted by molar-refractivity contribution is 5.51. The summed E-state index contributed by atoms with van der Waals surface area (Å²) in [5, 5.41) is 8.90. The van der Waals surface area contributed by atoms with Gasteiger partial charge in [0.25, 0.3) is 0 Å². The fourth-order valence-electron chi connectivity index (χ4n) is 1.24. The third-order valence-corrected chi connectivity index (χ3v) is 1.99. The predicted molar refractivity (Wildman–Crippen MR) is 54.6 cm³/mol. The van der Waals surface area contributed by atoms with E-state index in [-0.39, 0.29) is 5.92 Å². The summed E-state index contributed by atoms with van der Waals surface area (Å²) in [4.78, 5) is 8.36. The van der Waals surface area contributed by atoms with Crippen LogP contribution in [0.25, 0.3) is 0 Å². The molecule has 74 valence electrons. The molecular formula is C10H14N4. The standard InChI is InChI=1S/C10H14N4/c1-4-8-13-9(6(2)3)7(5-11)10(12)14-8/h6H,4H2,1-3H3,(H2,12,13,14). The number of aryl methyl sites for hydroxylation is 1. The van der Waals surface area contributed by atoms with Gasteiger partial charge in [-0.1, -0.05) is 20.8 Å². The normalized spacial score (nSPS) is 10.2. The Morgan fingerprint density at radius 2 is 2.07 bits per heavy atom. The number of nitrogens with two attached hydrogens (primary N) is 1. The molecule has 1 aromatic heterocycles. The first-order valence-electron chi connectivity index (χ1n) is 4.66. The number of hydrogen-bond acceptors (Lipinski definition) is 4. The molecule has 1 rings (SSSR count). The van der Waals surface area contributed by atoms with Gasteiger partial charge in [0, 0.05) is 6.42 Å². The van der Waals surface area contributed by atoms with E-state index >= 15 is 0 Å². The number of nitrogens with zero attached hydrogens (tertiary/aromatic N) is 3. The van der Waals surface area contributed by atoms with Crippen molar-refractivity contribution in [3.8, 4) is 6.07 Å². The van der Waals surface area contributed by atoms with Crippen LogP contribution in [0.5, 0.6) is 0 Å². The van der Waals surface area contributed by atoms with Crippen LogP contribution in [-0.4, -0.2) is 9.97 Å². The first-order valence-corrected chi connectivity index (χ1v) is 4.66. The Balaban J connectivity index is 3.37. The molecule has 14 heavy (non-hydrogen) atoms. The Bertz CT molecular complexity index is 376. The van der Waals surface area contributed by atoms with Crippen LogP contribution < -0.4 is 5.73 Å². The van der Waals surface area contributed by atoms with Gasteiger partial charge < -0.3 is 5.73 Å². The van der Waals surface area contributed by atoms with E-state index in [1.807, 2.05) is 26.8 Å². The van der Waals surface area contributed by atoms with Crippen LogP contribution in [0.15, 0.2) is 0 Å². The van der Waals surface area contributed by atoms with Crippen LogP contribution in [0, 0.1) is 11.3 Å². The number of nitriles is 1. The lowest BCUT2D eigenvalue weighted by Gasteiger charge is -2.09. The van der Waals surface area contributed by atoms with Crippen molar-refractivity contribution < 1.29 is 0 Å². The van der Waals surface area contributed by atoms with E-state index in [0.29, 0.717) is 17.2 Å². The maximum Gasteiger partial charge on any atom is 0.145 e. The zero-order chi connectivity index (χ0) is 10.7. The highest BCUT2D eigenvalue weighted by Crippen LogP contribution is 2.20. The number of nitrogen functional groups attached to an aromatic ring is 1. The number of hydrogen-bond donors (Lipinski definition) is 1. The summed E-state index contributed by atoms with van der Waals surface area (Å²) in [5.41, 5.74) is 6.83. The van der Waals surface area contributed by atoms with Gasteiger partial charge >= 0.3 is 0 Å². The second-order valence-corrected chi connectivity index (χ2v) is 3.41. The predicted octanol–water partition coefficient (Wildman–Crippen LogP) is 1.62. The van der Waals surface area contributed by atoms with E-state index in [1.54, 1.807) is 0 Å². The van der Waals surface area contributed by atoms with Crippen molar-refractivity contribution in [2.45, 2.75) is 33.1 Å².